The Hall–Kier alpha value is -2.00. The lowest BCUT2D eigenvalue weighted by Crippen LogP contribution is -2.37. The Morgan fingerprint density at radius 2 is 1.72 bits per heavy atom. The van der Waals surface area contributed by atoms with Gasteiger partial charge in [-0.1, -0.05) is 43.5 Å². The van der Waals surface area contributed by atoms with Gasteiger partial charge in [0.05, 0.1) is 12.0 Å². The number of carbonyl (C=O) groups is 1. The molecular formula is C21H24ClNO2. The average Bonchev–Trinajstić information content (AvgIpc) is 3.13. The van der Waals surface area contributed by atoms with Crippen LogP contribution in [0.2, 0.25) is 5.02 Å². The van der Waals surface area contributed by atoms with Crippen molar-refractivity contribution in [1.29, 1.82) is 0 Å². The summed E-state index contributed by atoms with van der Waals surface area (Å²) in [5, 5.41) is 3.79. The summed E-state index contributed by atoms with van der Waals surface area (Å²) in [7, 11) is 0. The highest BCUT2D eigenvalue weighted by atomic mass is 35.5. The molecule has 0 radical (unpaired) electrons. The number of ether oxygens (including phenoxy) is 1. The van der Waals surface area contributed by atoms with Crippen LogP contribution in [-0.4, -0.2) is 12.5 Å². The van der Waals surface area contributed by atoms with Crippen molar-refractivity contribution in [3.63, 3.8) is 0 Å². The fourth-order valence-corrected chi connectivity index (χ4v) is 3.63. The van der Waals surface area contributed by atoms with E-state index < -0.39 is 5.41 Å². The van der Waals surface area contributed by atoms with E-state index in [1.807, 2.05) is 48.5 Å². The minimum atomic E-state index is -0.456. The number of carbonyl (C=O) groups excluding carboxylic acids is 1. The van der Waals surface area contributed by atoms with Gasteiger partial charge in [-0.05, 0) is 61.2 Å². The molecule has 1 aliphatic rings. The smallest absolute Gasteiger partial charge is 0.235 e. The van der Waals surface area contributed by atoms with Gasteiger partial charge in [0.1, 0.15) is 5.75 Å². The van der Waals surface area contributed by atoms with Crippen LogP contribution < -0.4 is 10.1 Å². The number of nitrogens with one attached hydrogen (secondary N) is 1. The largest absolute Gasteiger partial charge is 0.494 e. The summed E-state index contributed by atoms with van der Waals surface area (Å²) in [5.74, 6) is 0.891. The van der Waals surface area contributed by atoms with Crippen LogP contribution in [0.15, 0.2) is 48.5 Å². The molecule has 1 fully saturated rings. The molecule has 2 aromatic carbocycles. The molecule has 0 bridgehead atoms. The zero-order chi connectivity index (χ0) is 17.7. The van der Waals surface area contributed by atoms with Crippen molar-refractivity contribution in [3.05, 3.63) is 59.1 Å². The fourth-order valence-electron chi connectivity index (χ4n) is 3.50. The van der Waals surface area contributed by atoms with Crippen molar-refractivity contribution in [2.45, 2.75) is 44.4 Å². The molecule has 0 aliphatic heterocycles. The third-order valence-electron chi connectivity index (χ3n) is 4.87. The van der Waals surface area contributed by atoms with E-state index in [1.165, 1.54) is 0 Å². The van der Waals surface area contributed by atoms with E-state index in [9.17, 15) is 4.79 Å². The zero-order valence-corrected chi connectivity index (χ0v) is 15.3. The minimum Gasteiger partial charge on any atom is -0.494 e. The zero-order valence-electron chi connectivity index (χ0n) is 14.6. The molecule has 0 aromatic heterocycles. The number of halogens is 1. The Balaban J connectivity index is 1.76. The van der Waals surface area contributed by atoms with Crippen molar-refractivity contribution in [2.75, 3.05) is 11.9 Å². The first kappa shape index (κ1) is 17.8. The highest BCUT2D eigenvalue weighted by Gasteiger charge is 2.42. The summed E-state index contributed by atoms with van der Waals surface area (Å²) >= 11 is 6.01. The van der Waals surface area contributed by atoms with E-state index in [1.54, 1.807) is 0 Å². The maximum absolute atomic E-state index is 13.1. The maximum Gasteiger partial charge on any atom is 0.235 e. The predicted octanol–water partition coefficient (Wildman–Crippen LogP) is 5.58. The first-order valence-corrected chi connectivity index (χ1v) is 9.32. The SMILES string of the molecule is CCCOc1ccc(NC(=O)C2(c3ccc(Cl)cc3)CCCC2)cc1. The maximum atomic E-state index is 13.1. The van der Waals surface area contributed by atoms with Crippen LogP contribution in [0.1, 0.15) is 44.6 Å². The first-order chi connectivity index (χ1) is 12.1. The standard InChI is InChI=1S/C21H24ClNO2/c1-2-15-25-19-11-9-18(10-12-19)23-20(24)21(13-3-4-14-21)16-5-7-17(22)8-6-16/h5-12H,2-4,13-15H2,1H3,(H,23,24). The molecule has 1 saturated carbocycles. The number of anilines is 1. The molecule has 0 heterocycles. The second-order valence-corrected chi connectivity index (χ2v) is 7.06. The Morgan fingerprint density at radius 1 is 1.08 bits per heavy atom. The quantitative estimate of drug-likeness (QED) is 0.732. The highest BCUT2D eigenvalue weighted by molar-refractivity contribution is 6.30. The Bertz CT molecular complexity index is 704. The van der Waals surface area contributed by atoms with Crippen LogP contribution in [0.3, 0.4) is 0 Å². The Morgan fingerprint density at radius 3 is 2.32 bits per heavy atom. The lowest BCUT2D eigenvalue weighted by Gasteiger charge is -2.28. The van der Waals surface area contributed by atoms with Gasteiger partial charge in [0, 0.05) is 10.7 Å². The molecule has 3 rings (SSSR count). The summed E-state index contributed by atoms with van der Waals surface area (Å²) < 4.78 is 5.59. The van der Waals surface area contributed by atoms with Gasteiger partial charge in [-0.25, -0.2) is 0 Å². The first-order valence-electron chi connectivity index (χ1n) is 8.94. The molecule has 25 heavy (non-hydrogen) atoms. The van der Waals surface area contributed by atoms with E-state index >= 15 is 0 Å². The van der Waals surface area contributed by atoms with Crippen LogP contribution >= 0.6 is 11.6 Å². The highest BCUT2D eigenvalue weighted by Crippen LogP contribution is 2.42. The van der Waals surface area contributed by atoms with E-state index in [4.69, 9.17) is 16.3 Å². The number of amides is 1. The van der Waals surface area contributed by atoms with Crippen LogP contribution in [0.25, 0.3) is 0 Å². The van der Waals surface area contributed by atoms with E-state index in [0.717, 1.165) is 49.1 Å². The van der Waals surface area contributed by atoms with Crippen molar-refractivity contribution in [1.82, 2.24) is 0 Å². The second-order valence-electron chi connectivity index (χ2n) is 6.62. The number of rotatable bonds is 6. The molecule has 0 saturated heterocycles. The van der Waals surface area contributed by atoms with Gasteiger partial charge < -0.3 is 10.1 Å². The van der Waals surface area contributed by atoms with Gasteiger partial charge in [0.15, 0.2) is 0 Å². The Labute approximate surface area is 154 Å². The lowest BCUT2D eigenvalue weighted by atomic mass is 9.78. The van der Waals surface area contributed by atoms with E-state index in [0.29, 0.717) is 11.6 Å². The van der Waals surface area contributed by atoms with Crippen molar-refractivity contribution >= 4 is 23.2 Å². The summed E-state index contributed by atoms with van der Waals surface area (Å²) in [5.41, 5.74) is 1.39. The van der Waals surface area contributed by atoms with Crippen LogP contribution in [0.5, 0.6) is 5.75 Å². The summed E-state index contributed by atoms with van der Waals surface area (Å²) in [6, 6.07) is 15.3. The molecule has 0 spiro atoms. The average molecular weight is 358 g/mol. The fraction of sp³-hybridized carbons (Fsp3) is 0.381. The van der Waals surface area contributed by atoms with Crippen LogP contribution in [0.4, 0.5) is 5.69 Å². The van der Waals surface area contributed by atoms with Gasteiger partial charge in [0.2, 0.25) is 5.91 Å². The molecule has 3 nitrogen and oxygen atoms in total. The van der Waals surface area contributed by atoms with Crippen molar-refractivity contribution < 1.29 is 9.53 Å². The van der Waals surface area contributed by atoms with Crippen molar-refractivity contribution in [2.24, 2.45) is 0 Å². The topological polar surface area (TPSA) is 38.3 Å². The molecule has 132 valence electrons. The van der Waals surface area contributed by atoms with E-state index in [2.05, 4.69) is 12.2 Å². The molecule has 0 unspecified atom stereocenters. The van der Waals surface area contributed by atoms with Gasteiger partial charge in [-0.15, -0.1) is 0 Å². The molecule has 1 amide bonds. The summed E-state index contributed by atoms with van der Waals surface area (Å²) in [6.45, 7) is 2.78. The normalized spacial score (nSPS) is 15.8. The molecule has 4 heteroatoms. The van der Waals surface area contributed by atoms with Gasteiger partial charge in [-0.2, -0.15) is 0 Å². The molecule has 1 N–H and O–H groups in total. The minimum absolute atomic E-state index is 0.0644. The van der Waals surface area contributed by atoms with Crippen LogP contribution in [-0.2, 0) is 10.2 Å². The van der Waals surface area contributed by atoms with Gasteiger partial charge in [-0.3, -0.25) is 4.79 Å². The van der Waals surface area contributed by atoms with Crippen molar-refractivity contribution in [3.8, 4) is 5.75 Å². The molecule has 0 atom stereocenters. The third-order valence-corrected chi connectivity index (χ3v) is 5.13. The predicted molar refractivity (Wildman–Crippen MR) is 102 cm³/mol. The number of hydrogen-bond acceptors (Lipinski definition) is 2. The number of hydrogen-bond donors (Lipinski definition) is 1. The second kappa shape index (κ2) is 7.92. The molecule has 1 aliphatic carbocycles. The molecular weight excluding hydrogens is 334 g/mol. The monoisotopic (exact) mass is 357 g/mol. The van der Waals surface area contributed by atoms with Gasteiger partial charge >= 0.3 is 0 Å². The summed E-state index contributed by atoms with van der Waals surface area (Å²) in [4.78, 5) is 13.1. The number of benzene rings is 2. The van der Waals surface area contributed by atoms with E-state index in [-0.39, 0.29) is 5.91 Å². The molecule has 2 aromatic rings. The van der Waals surface area contributed by atoms with Crippen LogP contribution in [0, 0.1) is 0 Å². The summed E-state index contributed by atoms with van der Waals surface area (Å²) in [6.07, 6.45) is 4.86. The lowest BCUT2D eigenvalue weighted by molar-refractivity contribution is -0.121. The Kier molecular flexibility index (Phi) is 5.64. The van der Waals surface area contributed by atoms with Gasteiger partial charge in [0.25, 0.3) is 0 Å². The third kappa shape index (κ3) is 3.98.